The maximum absolute atomic E-state index is 3.36. The Labute approximate surface area is 352 Å². The molecule has 0 amide bonds. The standard InChI is InChI=1S/C54H43NS.C3H6/c1-7-14-40-36(6)55(48-28-25-38(31-47(40)48)41-20-13-21-46-51-33(3)15-12-22-49(51)56-54(41)46)39-26-23-37(24-27-39)52-42-16-8-10-18-44(42)53(45-19-11-9-17-43(45)52)50-34(4)29-32(2)30-35(50)5;1-3-2/h7-31H,1-6H3;3H,1H2,2H3/b14-7-;. The highest BCUT2D eigenvalue weighted by atomic mass is 32.1. The first-order valence-electron chi connectivity index (χ1n) is 20.6. The topological polar surface area (TPSA) is 4.93 Å². The molecule has 2 aromatic heterocycles. The molecule has 0 bridgehead atoms. The number of aromatic nitrogens is 1. The van der Waals surface area contributed by atoms with Crippen LogP contribution in [0.15, 0.2) is 158 Å². The monoisotopic (exact) mass is 779 g/mol. The third-order valence-corrected chi connectivity index (χ3v) is 13.1. The minimum Gasteiger partial charge on any atom is -0.313 e. The Hall–Kier alpha value is -6.48. The van der Waals surface area contributed by atoms with Gasteiger partial charge in [0.15, 0.2) is 0 Å². The Morgan fingerprint density at radius 2 is 1.10 bits per heavy atom. The molecular formula is C57H49NS. The first-order valence-corrected chi connectivity index (χ1v) is 21.4. The summed E-state index contributed by atoms with van der Waals surface area (Å²) in [4.78, 5) is 0. The van der Waals surface area contributed by atoms with Crippen LogP contribution in [0.1, 0.15) is 47.4 Å². The van der Waals surface area contributed by atoms with Crippen LogP contribution in [0.3, 0.4) is 0 Å². The predicted molar refractivity (Wildman–Crippen MR) is 262 cm³/mol. The molecule has 288 valence electrons. The number of thiophene rings is 1. The van der Waals surface area contributed by atoms with Gasteiger partial charge in [0, 0.05) is 42.5 Å². The third-order valence-electron chi connectivity index (χ3n) is 11.9. The molecule has 8 aromatic carbocycles. The summed E-state index contributed by atoms with van der Waals surface area (Å²) in [6, 6.07) is 52.4. The SMILES string of the molecule is C/C=C\c1c(C)n(-c2ccc(-c3c4ccccc4c(-c4c(C)cc(C)cc4C)c4ccccc34)cc2)c2ccc(-c3cccc4c3sc3cccc(C)c34)cc12.C=CC. The van der Waals surface area contributed by atoms with Gasteiger partial charge in [-0.2, -0.15) is 0 Å². The number of hydrogen-bond donors (Lipinski definition) is 0. The molecule has 1 nitrogen and oxygen atoms in total. The molecule has 0 radical (unpaired) electrons. The van der Waals surface area contributed by atoms with Crippen LogP contribution in [0.5, 0.6) is 0 Å². The van der Waals surface area contributed by atoms with Crippen molar-refractivity contribution in [1.82, 2.24) is 4.57 Å². The number of hydrogen-bond acceptors (Lipinski definition) is 1. The lowest BCUT2D eigenvalue weighted by atomic mass is 9.83. The normalized spacial score (nSPS) is 11.6. The van der Waals surface area contributed by atoms with Crippen molar-refractivity contribution in [3.8, 4) is 39.1 Å². The lowest BCUT2D eigenvalue weighted by Gasteiger charge is -2.20. The quantitative estimate of drug-likeness (QED) is 0.121. The molecule has 0 N–H and O–H groups in total. The molecule has 0 spiro atoms. The van der Waals surface area contributed by atoms with E-state index in [-0.39, 0.29) is 0 Å². The highest BCUT2D eigenvalue weighted by Crippen LogP contribution is 2.46. The predicted octanol–water partition coefficient (Wildman–Crippen LogP) is 17.1. The minimum absolute atomic E-state index is 1.16. The van der Waals surface area contributed by atoms with E-state index in [0.717, 1.165) is 5.69 Å². The van der Waals surface area contributed by atoms with Gasteiger partial charge in [0.1, 0.15) is 0 Å². The van der Waals surface area contributed by atoms with Crippen molar-refractivity contribution in [1.29, 1.82) is 0 Å². The van der Waals surface area contributed by atoms with Crippen molar-refractivity contribution >= 4 is 70.0 Å². The van der Waals surface area contributed by atoms with Gasteiger partial charge in [-0.3, -0.25) is 0 Å². The number of aryl methyl sites for hydroxylation is 4. The molecule has 0 saturated carbocycles. The Morgan fingerprint density at radius 1 is 0.525 bits per heavy atom. The van der Waals surface area contributed by atoms with Gasteiger partial charge in [-0.15, -0.1) is 17.9 Å². The molecule has 10 rings (SSSR count). The molecule has 2 heteroatoms. The van der Waals surface area contributed by atoms with Crippen LogP contribution >= 0.6 is 11.3 Å². The van der Waals surface area contributed by atoms with Gasteiger partial charge < -0.3 is 4.57 Å². The second-order valence-corrected chi connectivity index (χ2v) is 16.9. The molecule has 0 aliphatic heterocycles. The molecular weight excluding hydrogens is 731 g/mol. The van der Waals surface area contributed by atoms with Crippen LogP contribution < -0.4 is 0 Å². The van der Waals surface area contributed by atoms with Gasteiger partial charge >= 0.3 is 0 Å². The summed E-state index contributed by atoms with van der Waals surface area (Å²) >= 11 is 1.90. The summed E-state index contributed by atoms with van der Waals surface area (Å²) in [5, 5.41) is 9.14. The lowest BCUT2D eigenvalue weighted by Crippen LogP contribution is -1.97. The van der Waals surface area contributed by atoms with Crippen molar-refractivity contribution in [2.24, 2.45) is 0 Å². The summed E-state index contributed by atoms with van der Waals surface area (Å²) in [5.74, 6) is 0. The Kier molecular flexibility index (Phi) is 9.91. The molecule has 10 aromatic rings. The van der Waals surface area contributed by atoms with E-state index in [0.29, 0.717) is 0 Å². The molecule has 59 heavy (non-hydrogen) atoms. The van der Waals surface area contributed by atoms with E-state index in [4.69, 9.17) is 0 Å². The van der Waals surface area contributed by atoms with Gasteiger partial charge in [-0.05, 0) is 150 Å². The van der Waals surface area contributed by atoms with E-state index in [2.05, 4.69) is 204 Å². The van der Waals surface area contributed by atoms with E-state index in [1.54, 1.807) is 6.08 Å². The van der Waals surface area contributed by atoms with Gasteiger partial charge in [0.25, 0.3) is 0 Å². The zero-order chi connectivity index (χ0) is 40.9. The summed E-state index contributed by atoms with van der Waals surface area (Å²) in [6.07, 6.45) is 6.18. The smallest absolute Gasteiger partial charge is 0.0538 e. The number of benzene rings is 8. The highest BCUT2D eigenvalue weighted by molar-refractivity contribution is 7.26. The molecule has 0 aliphatic rings. The Morgan fingerprint density at radius 3 is 1.73 bits per heavy atom. The fourth-order valence-corrected chi connectivity index (χ4v) is 10.9. The maximum atomic E-state index is 3.36. The van der Waals surface area contributed by atoms with Gasteiger partial charge in [0.2, 0.25) is 0 Å². The van der Waals surface area contributed by atoms with Gasteiger partial charge in [-0.25, -0.2) is 0 Å². The molecule has 0 saturated heterocycles. The maximum Gasteiger partial charge on any atom is 0.0538 e. The zero-order valence-corrected chi connectivity index (χ0v) is 35.9. The Bertz CT molecular complexity index is 3210. The van der Waals surface area contributed by atoms with E-state index in [1.165, 1.54) is 120 Å². The van der Waals surface area contributed by atoms with Gasteiger partial charge in [-0.1, -0.05) is 133 Å². The zero-order valence-electron chi connectivity index (χ0n) is 35.1. The van der Waals surface area contributed by atoms with E-state index >= 15 is 0 Å². The largest absolute Gasteiger partial charge is 0.313 e. The van der Waals surface area contributed by atoms with E-state index in [1.807, 2.05) is 18.3 Å². The van der Waals surface area contributed by atoms with Crippen molar-refractivity contribution in [2.75, 3.05) is 0 Å². The fraction of sp³-hybridized carbons (Fsp3) is 0.123. The van der Waals surface area contributed by atoms with Crippen LogP contribution in [-0.2, 0) is 0 Å². The number of nitrogens with zero attached hydrogens (tertiary/aromatic N) is 1. The van der Waals surface area contributed by atoms with E-state index in [9.17, 15) is 0 Å². The average Bonchev–Trinajstić information content (AvgIpc) is 3.76. The molecule has 0 unspecified atom stereocenters. The van der Waals surface area contributed by atoms with E-state index < -0.39 is 0 Å². The fourth-order valence-electron chi connectivity index (χ4n) is 9.63. The van der Waals surface area contributed by atoms with Crippen LogP contribution in [0.25, 0.3) is 97.8 Å². The number of fused-ring (bicyclic) bond motifs is 6. The van der Waals surface area contributed by atoms with Crippen molar-refractivity contribution < 1.29 is 0 Å². The molecule has 0 aliphatic carbocycles. The first-order chi connectivity index (χ1) is 28.7. The van der Waals surface area contributed by atoms with Gasteiger partial charge in [0.05, 0.1) is 5.52 Å². The van der Waals surface area contributed by atoms with Crippen molar-refractivity contribution in [3.05, 3.63) is 192 Å². The average molecular weight is 780 g/mol. The Balaban J connectivity index is 0.00000145. The minimum atomic E-state index is 1.16. The second kappa shape index (κ2) is 15.4. The van der Waals surface area contributed by atoms with Crippen LogP contribution in [0, 0.1) is 34.6 Å². The summed E-state index contributed by atoms with van der Waals surface area (Å²) < 4.78 is 5.14. The number of allylic oxidation sites excluding steroid dienone is 2. The summed E-state index contributed by atoms with van der Waals surface area (Å²) in [6.45, 7) is 18.6. The summed E-state index contributed by atoms with van der Waals surface area (Å²) in [5.41, 5.74) is 17.9. The third kappa shape index (κ3) is 6.31. The van der Waals surface area contributed by atoms with Crippen molar-refractivity contribution in [2.45, 2.75) is 48.5 Å². The van der Waals surface area contributed by atoms with Crippen LogP contribution in [0.2, 0.25) is 0 Å². The summed E-state index contributed by atoms with van der Waals surface area (Å²) in [7, 11) is 0. The molecule has 0 atom stereocenters. The lowest BCUT2D eigenvalue weighted by molar-refractivity contribution is 1.05. The van der Waals surface area contributed by atoms with Crippen LogP contribution in [-0.4, -0.2) is 4.57 Å². The highest BCUT2D eigenvalue weighted by Gasteiger charge is 2.21. The van der Waals surface area contributed by atoms with Crippen LogP contribution in [0.4, 0.5) is 0 Å². The molecule has 0 fully saturated rings. The molecule has 2 heterocycles. The number of rotatable bonds is 5. The van der Waals surface area contributed by atoms with Crippen molar-refractivity contribution in [3.63, 3.8) is 0 Å². The second-order valence-electron chi connectivity index (χ2n) is 15.9. The first kappa shape index (κ1) is 38.1.